The van der Waals surface area contributed by atoms with Crippen LogP contribution in [-0.4, -0.2) is 42.7 Å². The van der Waals surface area contributed by atoms with Crippen LogP contribution in [0.25, 0.3) is 0 Å². The van der Waals surface area contributed by atoms with Crippen molar-refractivity contribution >= 4 is 27.6 Å². The number of nitrogens with zero attached hydrogens (tertiary/aromatic N) is 2. The van der Waals surface area contributed by atoms with Crippen LogP contribution in [0.4, 0.5) is 10.1 Å². The number of piperidine rings is 1. The molecule has 1 aliphatic rings. The number of nitrogens with one attached hydrogen (secondary N) is 1. The maximum atomic E-state index is 13.2. The highest BCUT2D eigenvalue weighted by Gasteiger charge is 2.35. The largest absolute Gasteiger partial charge is 0.447 e. The monoisotopic (exact) mass is 497 g/mol. The number of esters is 1. The standard InChI is InChI=1S/C25H24FN3O5S/c26-20-8-10-21(11-9-20)28-24(30)23(18-5-2-1-3-6-18)34-25(31)19-12-15-29(16-13-19)35(32,33)22-7-4-14-27-17-22/h1-11,14,17,19,23H,12-13,15-16H2,(H,28,30). The predicted octanol–water partition coefficient (Wildman–Crippen LogP) is 3.54. The minimum atomic E-state index is -3.70. The third-order valence-corrected chi connectivity index (χ3v) is 7.63. The van der Waals surface area contributed by atoms with Crippen LogP contribution in [0.1, 0.15) is 24.5 Å². The van der Waals surface area contributed by atoms with Crippen molar-refractivity contribution in [2.24, 2.45) is 5.92 Å². The minimum absolute atomic E-state index is 0.0997. The zero-order chi connectivity index (χ0) is 24.8. The van der Waals surface area contributed by atoms with Crippen molar-refractivity contribution in [3.8, 4) is 0 Å². The summed E-state index contributed by atoms with van der Waals surface area (Å²) in [5, 5.41) is 2.64. The van der Waals surface area contributed by atoms with Crippen LogP contribution in [0.2, 0.25) is 0 Å². The molecule has 3 aromatic rings. The number of carbonyl (C=O) groups is 2. The summed E-state index contributed by atoms with van der Waals surface area (Å²) in [5.41, 5.74) is 0.847. The van der Waals surface area contributed by atoms with Gasteiger partial charge in [0.25, 0.3) is 5.91 Å². The molecule has 2 heterocycles. The molecule has 1 unspecified atom stereocenters. The van der Waals surface area contributed by atoms with Crippen LogP contribution in [0.3, 0.4) is 0 Å². The number of hydrogen-bond acceptors (Lipinski definition) is 6. The van der Waals surface area contributed by atoms with Gasteiger partial charge in [-0.2, -0.15) is 4.31 Å². The Morgan fingerprint density at radius 3 is 2.31 bits per heavy atom. The zero-order valence-corrected chi connectivity index (χ0v) is 19.5. The van der Waals surface area contributed by atoms with Gasteiger partial charge in [0.1, 0.15) is 10.7 Å². The molecule has 0 aliphatic carbocycles. The molecule has 4 rings (SSSR count). The highest BCUT2D eigenvalue weighted by atomic mass is 32.2. The fraction of sp³-hybridized carbons (Fsp3) is 0.240. The summed E-state index contributed by atoms with van der Waals surface area (Å²) in [5.74, 6) is -2.15. The van der Waals surface area contributed by atoms with Crippen molar-refractivity contribution in [2.75, 3.05) is 18.4 Å². The highest BCUT2D eigenvalue weighted by Crippen LogP contribution is 2.27. The second-order valence-electron chi connectivity index (χ2n) is 8.09. The SMILES string of the molecule is O=C(OC(C(=O)Nc1ccc(F)cc1)c1ccccc1)C1CCN(S(=O)(=O)c2cccnc2)CC1. The Bertz CT molecular complexity index is 1260. The third kappa shape index (κ3) is 5.90. The van der Waals surface area contributed by atoms with Crippen molar-refractivity contribution in [3.63, 3.8) is 0 Å². The van der Waals surface area contributed by atoms with Gasteiger partial charge in [0.05, 0.1) is 5.92 Å². The summed E-state index contributed by atoms with van der Waals surface area (Å²) in [6, 6.07) is 16.9. The van der Waals surface area contributed by atoms with Gasteiger partial charge < -0.3 is 10.1 Å². The lowest BCUT2D eigenvalue weighted by Crippen LogP contribution is -2.41. The van der Waals surface area contributed by atoms with E-state index in [4.69, 9.17) is 4.74 Å². The second-order valence-corrected chi connectivity index (χ2v) is 10.0. The van der Waals surface area contributed by atoms with Gasteiger partial charge in [-0.1, -0.05) is 30.3 Å². The van der Waals surface area contributed by atoms with Crippen LogP contribution in [0, 0.1) is 11.7 Å². The second kappa shape index (κ2) is 10.7. The van der Waals surface area contributed by atoms with Gasteiger partial charge in [0, 0.05) is 36.7 Å². The molecule has 1 aliphatic heterocycles. The molecule has 1 saturated heterocycles. The van der Waals surface area contributed by atoms with Gasteiger partial charge in [0.15, 0.2) is 0 Å². The van der Waals surface area contributed by atoms with Crippen LogP contribution >= 0.6 is 0 Å². The molecule has 1 N–H and O–H groups in total. The van der Waals surface area contributed by atoms with E-state index in [1.807, 2.05) is 0 Å². The van der Waals surface area contributed by atoms with E-state index in [9.17, 15) is 22.4 Å². The van der Waals surface area contributed by atoms with E-state index < -0.39 is 39.7 Å². The first-order valence-electron chi connectivity index (χ1n) is 11.1. The molecule has 1 amide bonds. The maximum absolute atomic E-state index is 13.2. The summed E-state index contributed by atoms with van der Waals surface area (Å²) in [6.45, 7) is 0.295. The average Bonchev–Trinajstić information content (AvgIpc) is 2.89. The quantitative estimate of drug-likeness (QED) is 0.501. The minimum Gasteiger partial charge on any atom is -0.447 e. The fourth-order valence-corrected chi connectivity index (χ4v) is 5.27. The lowest BCUT2D eigenvalue weighted by atomic mass is 9.98. The van der Waals surface area contributed by atoms with Crippen LogP contribution in [0.15, 0.2) is 84.0 Å². The Kier molecular flexibility index (Phi) is 7.52. The van der Waals surface area contributed by atoms with E-state index in [2.05, 4.69) is 10.3 Å². The molecule has 8 nitrogen and oxygen atoms in total. The number of amides is 1. The lowest BCUT2D eigenvalue weighted by Gasteiger charge is -2.30. The molecule has 1 fully saturated rings. The summed E-state index contributed by atoms with van der Waals surface area (Å²) in [7, 11) is -3.70. The number of rotatable bonds is 7. The zero-order valence-electron chi connectivity index (χ0n) is 18.7. The third-order valence-electron chi connectivity index (χ3n) is 5.75. The van der Waals surface area contributed by atoms with E-state index in [-0.39, 0.29) is 30.8 Å². The van der Waals surface area contributed by atoms with Crippen LogP contribution in [-0.2, 0) is 24.3 Å². The van der Waals surface area contributed by atoms with Gasteiger partial charge in [-0.15, -0.1) is 0 Å². The first-order chi connectivity index (χ1) is 16.8. The normalized spacial score (nSPS) is 15.8. The van der Waals surface area contributed by atoms with E-state index >= 15 is 0 Å². The van der Waals surface area contributed by atoms with Crippen molar-refractivity contribution in [2.45, 2.75) is 23.8 Å². The van der Waals surface area contributed by atoms with Crippen molar-refractivity contribution < 1.29 is 27.1 Å². The summed E-state index contributed by atoms with van der Waals surface area (Å²) < 4.78 is 45.8. The number of aromatic nitrogens is 1. The molecule has 1 atom stereocenters. The highest BCUT2D eigenvalue weighted by molar-refractivity contribution is 7.89. The Balaban J connectivity index is 1.43. The molecular formula is C25H24FN3O5S. The number of benzene rings is 2. The van der Waals surface area contributed by atoms with Crippen LogP contribution < -0.4 is 5.32 Å². The summed E-state index contributed by atoms with van der Waals surface area (Å²) >= 11 is 0. The number of carbonyl (C=O) groups excluding carboxylic acids is 2. The molecule has 182 valence electrons. The smallest absolute Gasteiger partial charge is 0.310 e. The molecular weight excluding hydrogens is 473 g/mol. The van der Waals surface area contributed by atoms with E-state index in [1.165, 1.54) is 47.0 Å². The van der Waals surface area contributed by atoms with Gasteiger partial charge in [0.2, 0.25) is 16.1 Å². The van der Waals surface area contributed by atoms with E-state index in [0.29, 0.717) is 11.3 Å². The fourth-order valence-electron chi connectivity index (χ4n) is 3.83. The number of hydrogen-bond donors (Lipinski definition) is 1. The molecule has 0 bridgehead atoms. The first kappa shape index (κ1) is 24.5. The molecule has 2 aromatic carbocycles. The maximum Gasteiger partial charge on any atom is 0.310 e. The van der Waals surface area contributed by atoms with E-state index in [1.54, 1.807) is 36.4 Å². The summed E-state index contributed by atoms with van der Waals surface area (Å²) in [4.78, 5) is 29.9. The predicted molar refractivity (Wildman–Crippen MR) is 126 cm³/mol. The molecule has 35 heavy (non-hydrogen) atoms. The Morgan fingerprint density at radius 1 is 1.00 bits per heavy atom. The average molecular weight is 498 g/mol. The Morgan fingerprint density at radius 2 is 1.69 bits per heavy atom. The first-order valence-corrected chi connectivity index (χ1v) is 12.5. The van der Waals surface area contributed by atoms with Gasteiger partial charge in [-0.25, -0.2) is 12.8 Å². The number of ether oxygens (including phenoxy) is 1. The van der Waals surface area contributed by atoms with Gasteiger partial charge in [-0.05, 0) is 49.2 Å². The molecule has 0 saturated carbocycles. The Hall–Kier alpha value is -3.63. The number of pyridine rings is 1. The van der Waals surface area contributed by atoms with Crippen LogP contribution in [0.5, 0.6) is 0 Å². The Labute approximate surface area is 202 Å². The van der Waals surface area contributed by atoms with Gasteiger partial charge in [-0.3, -0.25) is 14.6 Å². The molecule has 10 heteroatoms. The number of halogens is 1. The van der Waals surface area contributed by atoms with Crippen molar-refractivity contribution in [1.82, 2.24) is 9.29 Å². The topological polar surface area (TPSA) is 106 Å². The molecule has 0 radical (unpaired) electrons. The lowest BCUT2D eigenvalue weighted by molar-refractivity contribution is -0.160. The van der Waals surface area contributed by atoms with Crippen molar-refractivity contribution in [3.05, 3.63) is 90.5 Å². The van der Waals surface area contributed by atoms with E-state index in [0.717, 1.165) is 0 Å². The molecule has 0 spiro atoms. The van der Waals surface area contributed by atoms with Gasteiger partial charge >= 0.3 is 5.97 Å². The summed E-state index contributed by atoms with van der Waals surface area (Å²) in [6.07, 6.45) is 2.10. The van der Waals surface area contributed by atoms with Crippen molar-refractivity contribution in [1.29, 1.82) is 0 Å². The number of anilines is 1. The molecule has 1 aromatic heterocycles. The number of sulfonamides is 1.